The smallest absolute Gasteiger partial charge is 0.229 e. The second kappa shape index (κ2) is 5.41. The highest BCUT2D eigenvalue weighted by Crippen LogP contribution is 2.26. The Morgan fingerprint density at radius 3 is 2.88 bits per heavy atom. The summed E-state index contributed by atoms with van der Waals surface area (Å²) >= 11 is 0. The summed E-state index contributed by atoms with van der Waals surface area (Å²) in [6, 6.07) is 0. The van der Waals surface area contributed by atoms with E-state index in [0.29, 0.717) is 18.4 Å². The van der Waals surface area contributed by atoms with Crippen LogP contribution in [0.5, 0.6) is 0 Å². The molecule has 2 heterocycles. The number of hydrogen-bond donors (Lipinski definition) is 1. The van der Waals surface area contributed by atoms with Gasteiger partial charge in [0, 0.05) is 25.0 Å². The van der Waals surface area contributed by atoms with Gasteiger partial charge < -0.3 is 15.0 Å². The van der Waals surface area contributed by atoms with Gasteiger partial charge in [-0.05, 0) is 25.8 Å². The predicted molar refractivity (Wildman–Crippen MR) is 59.2 cm³/mol. The third-order valence-corrected chi connectivity index (χ3v) is 3.07. The molecule has 1 fully saturated rings. The first-order chi connectivity index (χ1) is 7.81. The Labute approximate surface area is 95.3 Å². The van der Waals surface area contributed by atoms with Crippen molar-refractivity contribution in [1.29, 1.82) is 0 Å². The van der Waals surface area contributed by atoms with Crippen molar-refractivity contribution < 1.29 is 9.26 Å². The number of nitrogens with two attached hydrogens (primary N) is 1. The zero-order valence-corrected chi connectivity index (χ0v) is 9.69. The monoisotopic (exact) mass is 225 g/mol. The van der Waals surface area contributed by atoms with Crippen LogP contribution in [0.25, 0.3) is 0 Å². The molecule has 0 spiro atoms. The Balaban J connectivity index is 2.00. The van der Waals surface area contributed by atoms with E-state index in [1.165, 1.54) is 0 Å². The second-order valence-corrected chi connectivity index (χ2v) is 4.36. The Kier molecular flexibility index (Phi) is 3.90. The van der Waals surface area contributed by atoms with Gasteiger partial charge in [0.2, 0.25) is 5.89 Å². The van der Waals surface area contributed by atoms with Gasteiger partial charge in [-0.2, -0.15) is 4.98 Å². The molecule has 2 rings (SSSR count). The topological polar surface area (TPSA) is 74.2 Å². The summed E-state index contributed by atoms with van der Waals surface area (Å²) in [5.74, 6) is 2.21. The van der Waals surface area contributed by atoms with Gasteiger partial charge in [-0.25, -0.2) is 0 Å². The number of rotatable bonds is 4. The van der Waals surface area contributed by atoms with Crippen molar-refractivity contribution in [3.8, 4) is 0 Å². The van der Waals surface area contributed by atoms with E-state index in [-0.39, 0.29) is 5.92 Å². The van der Waals surface area contributed by atoms with Crippen LogP contribution < -0.4 is 5.73 Å². The molecule has 1 saturated heterocycles. The van der Waals surface area contributed by atoms with Crippen molar-refractivity contribution in [2.24, 2.45) is 5.73 Å². The van der Waals surface area contributed by atoms with E-state index < -0.39 is 0 Å². The van der Waals surface area contributed by atoms with E-state index in [4.69, 9.17) is 15.0 Å². The SMILES string of the molecule is CC(CCN)c1nc(C2CCOCC2)no1. The molecule has 0 bridgehead atoms. The summed E-state index contributed by atoms with van der Waals surface area (Å²) < 4.78 is 10.6. The molecule has 1 aromatic heterocycles. The second-order valence-electron chi connectivity index (χ2n) is 4.36. The van der Waals surface area contributed by atoms with E-state index >= 15 is 0 Å². The van der Waals surface area contributed by atoms with Crippen molar-refractivity contribution >= 4 is 0 Å². The van der Waals surface area contributed by atoms with Gasteiger partial charge in [0.1, 0.15) is 0 Å². The van der Waals surface area contributed by atoms with Crippen LogP contribution in [0.2, 0.25) is 0 Å². The zero-order chi connectivity index (χ0) is 11.4. The molecular formula is C11H19N3O2. The van der Waals surface area contributed by atoms with E-state index in [9.17, 15) is 0 Å². The van der Waals surface area contributed by atoms with Gasteiger partial charge in [0.25, 0.3) is 0 Å². The molecule has 1 atom stereocenters. The lowest BCUT2D eigenvalue weighted by atomic mass is 10.00. The molecule has 1 aliphatic heterocycles. The summed E-state index contributed by atoms with van der Waals surface area (Å²) in [6.07, 6.45) is 2.86. The van der Waals surface area contributed by atoms with Crippen molar-refractivity contribution in [1.82, 2.24) is 10.1 Å². The molecule has 1 aliphatic rings. The minimum Gasteiger partial charge on any atom is -0.381 e. The fourth-order valence-corrected chi connectivity index (χ4v) is 1.94. The molecule has 0 aromatic carbocycles. The summed E-state index contributed by atoms with van der Waals surface area (Å²) in [5.41, 5.74) is 5.51. The van der Waals surface area contributed by atoms with Gasteiger partial charge >= 0.3 is 0 Å². The summed E-state index contributed by atoms with van der Waals surface area (Å²) in [5, 5.41) is 4.06. The number of aromatic nitrogens is 2. The Morgan fingerprint density at radius 1 is 1.44 bits per heavy atom. The maximum absolute atomic E-state index is 5.51. The largest absolute Gasteiger partial charge is 0.381 e. The number of ether oxygens (including phenoxy) is 1. The summed E-state index contributed by atoms with van der Waals surface area (Å²) in [7, 11) is 0. The van der Waals surface area contributed by atoms with E-state index in [2.05, 4.69) is 17.1 Å². The highest BCUT2D eigenvalue weighted by molar-refractivity contribution is 4.99. The standard InChI is InChI=1S/C11H19N3O2/c1-8(2-5-12)11-13-10(14-16-11)9-3-6-15-7-4-9/h8-9H,2-7,12H2,1H3. The fraction of sp³-hybridized carbons (Fsp3) is 0.818. The first-order valence-corrected chi connectivity index (χ1v) is 5.92. The molecule has 0 radical (unpaired) electrons. The van der Waals surface area contributed by atoms with Crippen LogP contribution in [-0.2, 0) is 4.74 Å². The highest BCUT2D eigenvalue weighted by Gasteiger charge is 2.22. The Morgan fingerprint density at radius 2 is 2.19 bits per heavy atom. The van der Waals surface area contributed by atoms with Gasteiger partial charge in [-0.3, -0.25) is 0 Å². The Bertz CT molecular complexity index is 321. The first kappa shape index (κ1) is 11.5. The van der Waals surface area contributed by atoms with Crippen molar-refractivity contribution in [2.45, 2.75) is 38.0 Å². The lowest BCUT2D eigenvalue weighted by molar-refractivity contribution is 0.0830. The minimum atomic E-state index is 0.256. The summed E-state index contributed by atoms with van der Waals surface area (Å²) in [4.78, 5) is 4.46. The average molecular weight is 225 g/mol. The van der Waals surface area contributed by atoms with Crippen LogP contribution >= 0.6 is 0 Å². The molecule has 1 aromatic rings. The summed E-state index contributed by atoms with van der Waals surface area (Å²) in [6.45, 7) is 4.31. The van der Waals surface area contributed by atoms with E-state index in [1.54, 1.807) is 0 Å². The molecular weight excluding hydrogens is 206 g/mol. The molecule has 16 heavy (non-hydrogen) atoms. The predicted octanol–water partition coefficient (Wildman–Crippen LogP) is 1.42. The Hall–Kier alpha value is -0.940. The van der Waals surface area contributed by atoms with Gasteiger partial charge in [0.15, 0.2) is 5.82 Å². The third kappa shape index (κ3) is 2.59. The molecule has 1 unspecified atom stereocenters. The minimum absolute atomic E-state index is 0.256. The van der Waals surface area contributed by atoms with Gasteiger partial charge in [-0.1, -0.05) is 12.1 Å². The maximum Gasteiger partial charge on any atom is 0.229 e. The first-order valence-electron chi connectivity index (χ1n) is 5.92. The van der Waals surface area contributed by atoms with E-state index in [1.807, 2.05) is 0 Å². The zero-order valence-electron chi connectivity index (χ0n) is 9.69. The lowest BCUT2D eigenvalue weighted by Gasteiger charge is -2.18. The lowest BCUT2D eigenvalue weighted by Crippen LogP contribution is -2.15. The molecule has 90 valence electrons. The van der Waals surface area contributed by atoms with Crippen LogP contribution in [-0.4, -0.2) is 29.9 Å². The molecule has 5 nitrogen and oxygen atoms in total. The van der Waals surface area contributed by atoms with Crippen LogP contribution in [0.15, 0.2) is 4.52 Å². The number of hydrogen-bond acceptors (Lipinski definition) is 5. The third-order valence-electron chi connectivity index (χ3n) is 3.07. The van der Waals surface area contributed by atoms with Crippen LogP contribution in [0.3, 0.4) is 0 Å². The fourth-order valence-electron chi connectivity index (χ4n) is 1.94. The quantitative estimate of drug-likeness (QED) is 0.838. The van der Waals surface area contributed by atoms with Crippen LogP contribution in [0.4, 0.5) is 0 Å². The maximum atomic E-state index is 5.51. The van der Waals surface area contributed by atoms with Gasteiger partial charge in [-0.15, -0.1) is 0 Å². The molecule has 0 saturated carbocycles. The van der Waals surface area contributed by atoms with Gasteiger partial charge in [0.05, 0.1) is 0 Å². The van der Waals surface area contributed by atoms with Crippen LogP contribution in [0.1, 0.15) is 49.7 Å². The number of nitrogens with zero attached hydrogens (tertiary/aromatic N) is 2. The van der Waals surface area contributed by atoms with Crippen LogP contribution in [0, 0.1) is 0 Å². The highest BCUT2D eigenvalue weighted by atomic mass is 16.5. The van der Waals surface area contributed by atoms with E-state index in [0.717, 1.165) is 38.3 Å². The normalized spacial score (nSPS) is 19.9. The van der Waals surface area contributed by atoms with Crippen molar-refractivity contribution in [3.63, 3.8) is 0 Å². The molecule has 5 heteroatoms. The van der Waals surface area contributed by atoms with Crippen molar-refractivity contribution in [3.05, 3.63) is 11.7 Å². The molecule has 0 amide bonds. The molecule has 2 N–H and O–H groups in total. The molecule has 0 aliphatic carbocycles. The average Bonchev–Trinajstić information content (AvgIpc) is 2.80. The van der Waals surface area contributed by atoms with Crippen molar-refractivity contribution in [2.75, 3.05) is 19.8 Å².